The lowest BCUT2D eigenvalue weighted by Gasteiger charge is -1.99. The lowest BCUT2D eigenvalue weighted by atomic mass is 10.1. The molecule has 6 aromatic heterocycles. The van der Waals surface area contributed by atoms with E-state index in [4.69, 9.17) is 9.05 Å². The number of rotatable bonds is 7. The summed E-state index contributed by atoms with van der Waals surface area (Å²) in [5, 5.41) is 18.5. The Hall–Kier alpha value is -3.55. The van der Waals surface area contributed by atoms with Gasteiger partial charge in [0.05, 0.1) is 22.6 Å². The van der Waals surface area contributed by atoms with Gasteiger partial charge in [-0.3, -0.25) is 0 Å². The average molecular weight is 794 g/mol. The Morgan fingerprint density at radius 1 is 0.698 bits per heavy atom. The van der Waals surface area contributed by atoms with Crippen molar-refractivity contribution in [3.05, 3.63) is 115 Å². The SMILES string of the molecule is CC(C)c1ccc(F)s1.CC(C)c1ccn(C(F)F)n1.CC(C)c1ccno1.CC(C)c1ccsc1.CC(C)c1nccs1.Cc1cc(C(C)C)on1. The maximum absolute atomic E-state index is 12.3. The van der Waals surface area contributed by atoms with Crippen LogP contribution < -0.4 is 0 Å². The summed E-state index contributed by atoms with van der Waals surface area (Å²) in [7, 11) is 0. The first kappa shape index (κ1) is 47.5. The predicted octanol–water partition coefficient (Wildman–Crippen LogP) is 14.5. The first-order valence-corrected chi connectivity index (χ1v) is 20.4. The summed E-state index contributed by atoms with van der Waals surface area (Å²) >= 11 is 4.72. The molecule has 53 heavy (non-hydrogen) atoms. The van der Waals surface area contributed by atoms with Crippen molar-refractivity contribution in [3.63, 3.8) is 0 Å². The van der Waals surface area contributed by atoms with Crippen molar-refractivity contribution in [1.82, 2.24) is 25.1 Å². The number of aromatic nitrogens is 5. The van der Waals surface area contributed by atoms with E-state index in [2.05, 4.69) is 106 Å². The van der Waals surface area contributed by atoms with Crippen molar-refractivity contribution in [1.29, 1.82) is 0 Å². The zero-order valence-electron chi connectivity index (χ0n) is 33.4. The number of thiophene rings is 2. The van der Waals surface area contributed by atoms with Crippen LogP contribution in [0.1, 0.15) is 163 Å². The van der Waals surface area contributed by atoms with Crippen molar-refractivity contribution in [2.24, 2.45) is 0 Å². The standard InChI is InChI=1S/C7H10F2N2.C7H9FS.C7H11NO.C7H10S.C6H9NO.C6H9NS/c1-5(2)6-3-4-11(10-6)7(8)9;1-5(2)6-3-4-7(8)9-6;1-5(2)7-4-6(3)8-9-7;1-6(2)7-3-4-8-5-7;1-5(2)6-3-4-7-8-6;1-5(2)6-7-3-4-8-6/h3-5,7H,1-2H3;3-5H,1-2H3;4-5H,1-3H3;3-6H,1-2H3;2*3-5H,1-2H3. The van der Waals surface area contributed by atoms with Crippen LogP contribution in [0.15, 0.2) is 80.2 Å². The largest absolute Gasteiger partial charge is 0.361 e. The first-order chi connectivity index (χ1) is 24.9. The maximum atomic E-state index is 12.3. The van der Waals surface area contributed by atoms with E-state index in [-0.39, 0.29) is 11.0 Å². The molecule has 0 spiro atoms. The minimum atomic E-state index is -2.53. The number of aryl methyl sites for hydroxylation is 1. The molecular formula is C40H58F3N5O2S3. The van der Waals surface area contributed by atoms with Gasteiger partial charge in [-0.15, -0.1) is 22.7 Å². The molecule has 0 aromatic carbocycles. The van der Waals surface area contributed by atoms with E-state index in [1.165, 1.54) is 34.2 Å². The second kappa shape index (κ2) is 25.5. The van der Waals surface area contributed by atoms with Gasteiger partial charge < -0.3 is 9.05 Å². The highest BCUT2D eigenvalue weighted by molar-refractivity contribution is 7.10. The monoisotopic (exact) mass is 793 g/mol. The van der Waals surface area contributed by atoms with Gasteiger partial charge in [-0.25, -0.2) is 9.67 Å². The summed E-state index contributed by atoms with van der Waals surface area (Å²) < 4.78 is 46.7. The molecule has 0 saturated carbocycles. The third kappa shape index (κ3) is 19.9. The summed E-state index contributed by atoms with van der Waals surface area (Å²) in [6.07, 6.45) is 4.80. The van der Waals surface area contributed by atoms with Gasteiger partial charge in [0.1, 0.15) is 11.5 Å². The van der Waals surface area contributed by atoms with E-state index in [0.29, 0.717) is 40.0 Å². The van der Waals surface area contributed by atoms with Crippen molar-refractivity contribution in [3.8, 4) is 0 Å². The summed E-state index contributed by atoms with van der Waals surface area (Å²) in [5.41, 5.74) is 3.11. The molecule has 0 fully saturated rings. The van der Waals surface area contributed by atoms with Crippen molar-refractivity contribution in [2.45, 2.75) is 132 Å². The zero-order valence-corrected chi connectivity index (χ0v) is 35.8. The maximum Gasteiger partial charge on any atom is 0.333 e. The highest BCUT2D eigenvalue weighted by atomic mass is 32.1. The molecule has 0 amide bonds. The number of halogens is 3. The van der Waals surface area contributed by atoms with E-state index >= 15 is 0 Å². The van der Waals surface area contributed by atoms with E-state index in [0.717, 1.165) is 22.1 Å². The molecule has 0 atom stereocenters. The number of alkyl halides is 2. The second-order valence-corrected chi connectivity index (χ2v) is 16.6. The molecule has 0 aliphatic rings. The van der Waals surface area contributed by atoms with Gasteiger partial charge in [0, 0.05) is 52.5 Å². The fraction of sp³-hybridized carbons (Fsp3) is 0.500. The average Bonchev–Trinajstić information content (AvgIpc) is 3.95. The fourth-order valence-electron chi connectivity index (χ4n) is 3.71. The van der Waals surface area contributed by atoms with Crippen LogP contribution in [0.4, 0.5) is 13.2 Å². The van der Waals surface area contributed by atoms with Crippen molar-refractivity contribution in [2.75, 3.05) is 0 Å². The molecule has 0 bridgehead atoms. The Morgan fingerprint density at radius 2 is 1.38 bits per heavy atom. The molecule has 0 radical (unpaired) electrons. The quantitative estimate of drug-likeness (QED) is 0.160. The van der Waals surface area contributed by atoms with E-state index in [1.54, 1.807) is 34.9 Å². The van der Waals surface area contributed by atoms with Gasteiger partial charge in [-0.2, -0.15) is 29.6 Å². The van der Waals surface area contributed by atoms with Crippen LogP contribution in [0.25, 0.3) is 0 Å². The Labute approximate surface area is 326 Å². The number of thiazole rings is 1. The highest BCUT2D eigenvalue weighted by Crippen LogP contribution is 2.22. The van der Waals surface area contributed by atoms with Crippen LogP contribution in [-0.2, 0) is 0 Å². The highest BCUT2D eigenvalue weighted by Gasteiger charge is 2.09. The van der Waals surface area contributed by atoms with E-state index in [9.17, 15) is 13.2 Å². The fourth-order valence-corrected chi connectivity index (χ4v) is 5.92. The van der Waals surface area contributed by atoms with Crippen LogP contribution in [0.2, 0.25) is 0 Å². The molecule has 294 valence electrons. The van der Waals surface area contributed by atoms with Gasteiger partial charge in [-0.05, 0) is 65.3 Å². The summed E-state index contributed by atoms with van der Waals surface area (Å²) in [5.74, 6) is 4.77. The minimum Gasteiger partial charge on any atom is -0.361 e. The Kier molecular flexibility index (Phi) is 22.8. The molecule has 6 heterocycles. The Balaban J connectivity index is 0.000000319. The van der Waals surface area contributed by atoms with Crippen LogP contribution in [-0.4, -0.2) is 25.1 Å². The lowest BCUT2D eigenvalue weighted by Crippen LogP contribution is -1.99. The topological polar surface area (TPSA) is 82.8 Å². The van der Waals surface area contributed by atoms with Gasteiger partial charge in [0.15, 0.2) is 5.13 Å². The third-order valence-electron chi connectivity index (χ3n) is 6.98. The van der Waals surface area contributed by atoms with Crippen LogP contribution in [0.3, 0.4) is 0 Å². The molecule has 0 aliphatic carbocycles. The molecule has 13 heteroatoms. The van der Waals surface area contributed by atoms with Crippen LogP contribution in [0.5, 0.6) is 0 Å². The predicted molar refractivity (Wildman–Crippen MR) is 216 cm³/mol. The number of hydrogen-bond acceptors (Lipinski definition) is 9. The lowest BCUT2D eigenvalue weighted by molar-refractivity contribution is 0.0561. The zero-order chi connectivity index (χ0) is 40.1. The molecule has 7 nitrogen and oxygen atoms in total. The van der Waals surface area contributed by atoms with Crippen LogP contribution >= 0.6 is 34.0 Å². The Bertz CT molecular complexity index is 1550. The van der Waals surface area contributed by atoms with Gasteiger partial charge >= 0.3 is 6.55 Å². The molecule has 6 rings (SSSR count). The third-order valence-corrected chi connectivity index (χ3v) is 9.93. The van der Waals surface area contributed by atoms with Gasteiger partial charge in [0.2, 0.25) is 0 Å². The van der Waals surface area contributed by atoms with Gasteiger partial charge in [-0.1, -0.05) is 93.4 Å². The molecule has 0 saturated heterocycles. The normalized spacial score (nSPS) is 10.7. The molecule has 0 N–H and O–H groups in total. The summed E-state index contributed by atoms with van der Waals surface area (Å²) in [6.45, 7) is 24.4. The molecule has 0 aliphatic heterocycles. The second-order valence-electron chi connectivity index (χ2n) is 13.8. The number of hydrogen-bond donors (Lipinski definition) is 0. The minimum absolute atomic E-state index is 0.0845. The molecule has 0 unspecified atom stereocenters. The Morgan fingerprint density at radius 3 is 1.62 bits per heavy atom. The number of nitrogens with zero attached hydrogens (tertiary/aromatic N) is 5. The molecular weight excluding hydrogens is 736 g/mol. The molecule has 6 aromatic rings. The summed E-state index contributed by atoms with van der Waals surface area (Å²) in [4.78, 5) is 5.25. The first-order valence-electron chi connectivity index (χ1n) is 17.8. The van der Waals surface area contributed by atoms with E-state index < -0.39 is 6.55 Å². The van der Waals surface area contributed by atoms with Crippen molar-refractivity contribution < 1.29 is 22.2 Å². The summed E-state index contributed by atoms with van der Waals surface area (Å²) in [6, 6.07) is 11.0. The van der Waals surface area contributed by atoms with Gasteiger partial charge in [0.25, 0.3) is 0 Å². The smallest absolute Gasteiger partial charge is 0.333 e. The van der Waals surface area contributed by atoms with Crippen LogP contribution in [0, 0.1) is 12.1 Å². The van der Waals surface area contributed by atoms with Crippen molar-refractivity contribution >= 4 is 34.0 Å². The van der Waals surface area contributed by atoms with E-state index in [1.807, 2.05) is 50.5 Å².